The highest BCUT2D eigenvalue weighted by Crippen LogP contribution is 2.43. The first-order valence-electron chi connectivity index (χ1n) is 6.20. The number of hydrogen-bond donors (Lipinski definition) is 0. The van der Waals surface area contributed by atoms with Crippen LogP contribution in [-0.4, -0.2) is 5.78 Å². The quantitative estimate of drug-likeness (QED) is 0.634. The summed E-state index contributed by atoms with van der Waals surface area (Å²) in [6.45, 7) is 12.6. The largest absolute Gasteiger partial charge is 0.289 e. The first-order chi connectivity index (χ1) is 7.31. The summed E-state index contributed by atoms with van der Waals surface area (Å²) < 4.78 is 0. The molecule has 1 heteroatoms. The highest BCUT2D eigenvalue weighted by atomic mass is 16.1. The van der Waals surface area contributed by atoms with Gasteiger partial charge >= 0.3 is 0 Å². The summed E-state index contributed by atoms with van der Waals surface area (Å²) in [7, 11) is 0. The summed E-state index contributed by atoms with van der Waals surface area (Å²) in [4.78, 5) is 12.4. The molecule has 1 aliphatic carbocycles. The molecule has 0 aromatic rings. The third kappa shape index (κ3) is 2.28. The van der Waals surface area contributed by atoms with Crippen molar-refractivity contribution in [3.8, 4) is 0 Å². The Hall–Kier alpha value is -0.850. The maximum atomic E-state index is 12.4. The molecule has 1 nitrogen and oxygen atoms in total. The summed E-state index contributed by atoms with van der Waals surface area (Å²) in [5, 5.41) is 0. The average Bonchev–Trinajstić information content (AvgIpc) is 2.22. The van der Waals surface area contributed by atoms with Gasteiger partial charge in [-0.05, 0) is 50.5 Å². The van der Waals surface area contributed by atoms with Gasteiger partial charge in [0.2, 0.25) is 0 Å². The van der Waals surface area contributed by atoms with Crippen molar-refractivity contribution in [2.75, 3.05) is 0 Å². The van der Waals surface area contributed by atoms with Crippen molar-refractivity contribution >= 4 is 5.78 Å². The second kappa shape index (κ2) is 4.57. The molecule has 0 saturated heterocycles. The van der Waals surface area contributed by atoms with Crippen LogP contribution in [0.1, 0.15) is 54.4 Å². The van der Waals surface area contributed by atoms with Gasteiger partial charge in [-0.25, -0.2) is 0 Å². The van der Waals surface area contributed by atoms with Crippen LogP contribution in [0.15, 0.2) is 22.8 Å². The van der Waals surface area contributed by atoms with Crippen LogP contribution in [0, 0.1) is 11.3 Å². The third-order valence-corrected chi connectivity index (χ3v) is 4.03. The second-order valence-corrected chi connectivity index (χ2v) is 5.68. The fourth-order valence-electron chi connectivity index (χ4n) is 2.51. The number of hydrogen-bond acceptors (Lipinski definition) is 1. The van der Waals surface area contributed by atoms with E-state index >= 15 is 0 Å². The van der Waals surface area contributed by atoms with Crippen LogP contribution in [0.2, 0.25) is 0 Å². The van der Waals surface area contributed by atoms with Gasteiger partial charge in [0, 0.05) is 5.57 Å². The van der Waals surface area contributed by atoms with Crippen LogP contribution < -0.4 is 0 Å². The molecule has 90 valence electrons. The van der Waals surface area contributed by atoms with Gasteiger partial charge in [-0.2, -0.15) is 0 Å². The van der Waals surface area contributed by atoms with Gasteiger partial charge in [0.1, 0.15) is 0 Å². The lowest BCUT2D eigenvalue weighted by Crippen LogP contribution is -2.29. The van der Waals surface area contributed by atoms with Crippen molar-refractivity contribution in [1.82, 2.24) is 0 Å². The van der Waals surface area contributed by atoms with Crippen LogP contribution in [0.25, 0.3) is 0 Å². The molecule has 1 rings (SSSR count). The Balaban J connectivity index is 3.25. The van der Waals surface area contributed by atoms with Crippen molar-refractivity contribution in [3.05, 3.63) is 22.8 Å². The van der Waals surface area contributed by atoms with E-state index in [1.807, 2.05) is 19.9 Å². The summed E-state index contributed by atoms with van der Waals surface area (Å²) in [6, 6.07) is 0. The maximum Gasteiger partial charge on any atom is 0.184 e. The lowest BCUT2D eigenvalue weighted by Gasteiger charge is -2.36. The van der Waals surface area contributed by atoms with Gasteiger partial charge in [0.15, 0.2) is 5.78 Å². The van der Waals surface area contributed by atoms with E-state index in [4.69, 9.17) is 0 Å². The van der Waals surface area contributed by atoms with Gasteiger partial charge < -0.3 is 0 Å². The molecule has 0 radical (unpaired) electrons. The Labute approximate surface area is 99.6 Å². The minimum Gasteiger partial charge on any atom is -0.289 e. The molecule has 0 fully saturated rings. The summed E-state index contributed by atoms with van der Waals surface area (Å²) in [6.07, 6.45) is 4.23. The first-order valence-corrected chi connectivity index (χ1v) is 6.20. The molecule has 1 aliphatic rings. The van der Waals surface area contributed by atoms with E-state index in [1.54, 1.807) is 0 Å². The number of carbonyl (C=O) groups is 1. The predicted molar refractivity (Wildman–Crippen MR) is 69.3 cm³/mol. The fourth-order valence-corrected chi connectivity index (χ4v) is 2.51. The van der Waals surface area contributed by atoms with Crippen molar-refractivity contribution in [3.63, 3.8) is 0 Å². The molecule has 0 aromatic carbocycles. The Kier molecular flexibility index (Phi) is 3.77. The van der Waals surface area contributed by atoms with Gasteiger partial charge in [-0.3, -0.25) is 4.79 Å². The standard InChI is InChI=1S/C15H24O/c1-7-10(2)14(16)13-12(4)11(3)8-9-15(13,5)6/h7,11H,8-9H2,1-6H3. The molecule has 0 aromatic heterocycles. The summed E-state index contributed by atoms with van der Waals surface area (Å²) >= 11 is 0. The SMILES string of the molecule is CC=C(C)C(=O)C1=C(C)C(C)CCC1(C)C. The summed E-state index contributed by atoms with van der Waals surface area (Å²) in [5.74, 6) is 0.799. The molecular weight excluding hydrogens is 196 g/mol. The van der Waals surface area contributed by atoms with Crippen molar-refractivity contribution < 1.29 is 4.79 Å². The number of Topliss-reactive ketones (excluding diaryl/α,β-unsaturated/α-hetero) is 1. The Morgan fingerprint density at radius 1 is 1.44 bits per heavy atom. The van der Waals surface area contributed by atoms with Crippen LogP contribution >= 0.6 is 0 Å². The van der Waals surface area contributed by atoms with E-state index in [0.717, 1.165) is 17.6 Å². The highest BCUT2D eigenvalue weighted by molar-refractivity contribution is 6.09. The Morgan fingerprint density at radius 3 is 2.50 bits per heavy atom. The number of ketones is 1. The molecule has 16 heavy (non-hydrogen) atoms. The highest BCUT2D eigenvalue weighted by Gasteiger charge is 2.35. The smallest absolute Gasteiger partial charge is 0.184 e. The first kappa shape index (κ1) is 13.2. The van der Waals surface area contributed by atoms with Crippen molar-refractivity contribution in [1.29, 1.82) is 0 Å². The molecule has 0 heterocycles. The molecule has 0 amide bonds. The molecule has 1 atom stereocenters. The minimum atomic E-state index is 0.0396. The monoisotopic (exact) mass is 220 g/mol. The van der Waals surface area contributed by atoms with Crippen LogP contribution in [0.5, 0.6) is 0 Å². The Bertz CT molecular complexity index is 356. The van der Waals surface area contributed by atoms with Gasteiger partial charge in [-0.1, -0.05) is 32.4 Å². The molecule has 0 bridgehead atoms. The zero-order valence-corrected chi connectivity index (χ0v) is 11.5. The van der Waals surface area contributed by atoms with E-state index in [0.29, 0.717) is 5.92 Å². The lowest BCUT2D eigenvalue weighted by molar-refractivity contribution is -0.113. The molecule has 0 aliphatic heterocycles. The second-order valence-electron chi connectivity index (χ2n) is 5.68. The van der Waals surface area contributed by atoms with Crippen molar-refractivity contribution in [2.45, 2.75) is 54.4 Å². The molecular formula is C15H24O. The van der Waals surface area contributed by atoms with Gasteiger partial charge in [-0.15, -0.1) is 0 Å². The molecule has 0 saturated carbocycles. The lowest BCUT2D eigenvalue weighted by atomic mass is 9.67. The third-order valence-electron chi connectivity index (χ3n) is 4.03. The van der Waals surface area contributed by atoms with Gasteiger partial charge in [0.05, 0.1) is 0 Å². The van der Waals surface area contributed by atoms with Crippen LogP contribution in [-0.2, 0) is 4.79 Å². The number of rotatable bonds is 2. The summed E-state index contributed by atoms with van der Waals surface area (Å²) in [5.41, 5.74) is 3.26. The molecule has 1 unspecified atom stereocenters. The average molecular weight is 220 g/mol. The molecule has 0 spiro atoms. The van der Waals surface area contributed by atoms with Gasteiger partial charge in [0.25, 0.3) is 0 Å². The Morgan fingerprint density at radius 2 is 2.00 bits per heavy atom. The normalized spacial score (nSPS) is 25.9. The zero-order valence-electron chi connectivity index (χ0n) is 11.5. The van der Waals surface area contributed by atoms with E-state index in [9.17, 15) is 4.79 Å². The fraction of sp³-hybridized carbons (Fsp3) is 0.667. The van der Waals surface area contributed by atoms with Crippen LogP contribution in [0.3, 0.4) is 0 Å². The number of allylic oxidation sites excluding steroid dienone is 4. The topological polar surface area (TPSA) is 17.1 Å². The number of carbonyl (C=O) groups excluding carboxylic acids is 1. The molecule has 0 N–H and O–H groups in total. The van der Waals surface area contributed by atoms with E-state index in [-0.39, 0.29) is 11.2 Å². The predicted octanol–water partition coefficient (Wildman–Crippen LogP) is 4.29. The minimum absolute atomic E-state index is 0.0396. The maximum absolute atomic E-state index is 12.4. The van der Waals surface area contributed by atoms with Crippen LogP contribution in [0.4, 0.5) is 0 Å². The van der Waals surface area contributed by atoms with E-state index < -0.39 is 0 Å². The van der Waals surface area contributed by atoms with E-state index in [2.05, 4.69) is 27.7 Å². The zero-order chi connectivity index (χ0) is 12.5. The van der Waals surface area contributed by atoms with E-state index in [1.165, 1.54) is 12.0 Å². The van der Waals surface area contributed by atoms with Crippen molar-refractivity contribution in [2.24, 2.45) is 11.3 Å².